The standard InChI is InChI=1S/C15H12Cl2O3S2/c1-9-6-13(21-11-5-3-4-10(16)7-11)14(22(2,19)20)8-12(9)15(17)18/h3-8H,1-2H3. The topological polar surface area (TPSA) is 51.2 Å². The molecule has 0 aliphatic heterocycles. The lowest BCUT2D eigenvalue weighted by Crippen LogP contribution is -2.04. The first-order valence-corrected chi connectivity index (χ1v) is 9.63. The third kappa shape index (κ3) is 4.04. The second-order valence-corrected chi connectivity index (χ2v) is 8.60. The fourth-order valence-corrected chi connectivity index (χ4v) is 4.68. The molecule has 0 aliphatic carbocycles. The molecule has 0 aromatic heterocycles. The zero-order valence-corrected chi connectivity index (χ0v) is 14.9. The van der Waals surface area contributed by atoms with Crippen LogP contribution in [0.15, 0.2) is 51.1 Å². The summed E-state index contributed by atoms with van der Waals surface area (Å²) in [6.07, 6.45) is 1.10. The van der Waals surface area contributed by atoms with Gasteiger partial charge in [-0.25, -0.2) is 8.42 Å². The van der Waals surface area contributed by atoms with E-state index < -0.39 is 15.1 Å². The van der Waals surface area contributed by atoms with Crippen molar-refractivity contribution in [2.45, 2.75) is 21.6 Å². The molecule has 0 fully saturated rings. The molecule has 0 heterocycles. The minimum absolute atomic E-state index is 0.0760. The predicted octanol–water partition coefficient (Wildman–Crippen LogP) is 4.58. The maximum Gasteiger partial charge on any atom is 0.252 e. The van der Waals surface area contributed by atoms with Crippen molar-refractivity contribution in [2.24, 2.45) is 0 Å². The lowest BCUT2D eigenvalue weighted by Gasteiger charge is -2.11. The van der Waals surface area contributed by atoms with Gasteiger partial charge in [-0.05, 0) is 54.4 Å². The van der Waals surface area contributed by atoms with Crippen LogP contribution in [-0.4, -0.2) is 19.9 Å². The Morgan fingerprint density at radius 1 is 1.18 bits per heavy atom. The third-order valence-electron chi connectivity index (χ3n) is 2.93. The smallest absolute Gasteiger partial charge is 0.252 e. The summed E-state index contributed by atoms with van der Waals surface area (Å²) in [6.45, 7) is 1.71. The number of carbonyl (C=O) groups is 1. The summed E-state index contributed by atoms with van der Waals surface area (Å²) in [4.78, 5) is 12.8. The minimum atomic E-state index is -3.50. The number of carbonyl (C=O) groups excluding carboxylic acids is 1. The van der Waals surface area contributed by atoms with E-state index in [4.69, 9.17) is 23.2 Å². The molecule has 0 aliphatic rings. The van der Waals surface area contributed by atoms with Crippen molar-refractivity contribution in [3.05, 3.63) is 52.5 Å². The van der Waals surface area contributed by atoms with E-state index in [9.17, 15) is 13.2 Å². The second kappa shape index (κ2) is 6.62. The first-order valence-electron chi connectivity index (χ1n) is 6.16. The molecule has 0 N–H and O–H groups in total. The summed E-state index contributed by atoms with van der Waals surface area (Å²) in [5.74, 6) is 0. The number of benzene rings is 2. The monoisotopic (exact) mass is 374 g/mol. The van der Waals surface area contributed by atoms with E-state index in [0.29, 0.717) is 15.5 Å². The van der Waals surface area contributed by atoms with Crippen molar-refractivity contribution in [2.75, 3.05) is 6.26 Å². The van der Waals surface area contributed by atoms with Crippen LogP contribution in [0.2, 0.25) is 5.02 Å². The van der Waals surface area contributed by atoms with Gasteiger partial charge in [0.25, 0.3) is 5.24 Å². The molecule has 2 aromatic carbocycles. The highest BCUT2D eigenvalue weighted by molar-refractivity contribution is 8.00. The third-order valence-corrected chi connectivity index (χ3v) is 5.68. The van der Waals surface area contributed by atoms with Crippen LogP contribution in [0.25, 0.3) is 0 Å². The van der Waals surface area contributed by atoms with Gasteiger partial charge in [-0.2, -0.15) is 0 Å². The Balaban J connectivity index is 2.59. The van der Waals surface area contributed by atoms with Gasteiger partial charge in [0.05, 0.1) is 4.90 Å². The van der Waals surface area contributed by atoms with Gasteiger partial charge in [-0.1, -0.05) is 29.4 Å². The SMILES string of the molecule is Cc1cc(Sc2cccc(Cl)c2)c(S(C)(=O)=O)cc1C(=O)Cl. The molecule has 0 radical (unpaired) electrons. The zero-order valence-electron chi connectivity index (χ0n) is 11.8. The van der Waals surface area contributed by atoms with Crippen LogP contribution in [0.4, 0.5) is 0 Å². The quantitative estimate of drug-likeness (QED) is 0.734. The van der Waals surface area contributed by atoms with Gasteiger partial charge >= 0.3 is 0 Å². The van der Waals surface area contributed by atoms with E-state index in [0.717, 1.165) is 11.2 Å². The molecule has 116 valence electrons. The minimum Gasteiger partial charge on any atom is -0.276 e. The van der Waals surface area contributed by atoms with Gasteiger partial charge < -0.3 is 0 Å². The molecule has 0 unspecified atom stereocenters. The summed E-state index contributed by atoms with van der Waals surface area (Å²) < 4.78 is 24.0. The summed E-state index contributed by atoms with van der Waals surface area (Å²) in [6, 6.07) is 10.1. The largest absolute Gasteiger partial charge is 0.276 e. The van der Waals surface area contributed by atoms with E-state index in [-0.39, 0.29) is 10.5 Å². The molecule has 7 heteroatoms. The molecule has 0 saturated carbocycles. The second-order valence-electron chi connectivity index (χ2n) is 4.72. The predicted molar refractivity (Wildman–Crippen MR) is 90.0 cm³/mol. The number of aryl methyl sites for hydroxylation is 1. The number of hydrogen-bond donors (Lipinski definition) is 0. The number of halogens is 2. The van der Waals surface area contributed by atoms with Crippen LogP contribution in [0, 0.1) is 6.92 Å². The molecule has 0 saturated heterocycles. The normalized spacial score (nSPS) is 11.5. The summed E-state index contributed by atoms with van der Waals surface area (Å²) >= 11 is 12.7. The zero-order chi connectivity index (χ0) is 16.5. The average molecular weight is 375 g/mol. The van der Waals surface area contributed by atoms with Crippen molar-refractivity contribution in [3.8, 4) is 0 Å². The van der Waals surface area contributed by atoms with Gasteiger partial charge in [0, 0.05) is 26.6 Å². The first kappa shape index (κ1) is 17.3. The summed E-state index contributed by atoms with van der Waals surface area (Å²) in [5, 5.41) is -0.114. The molecular formula is C15H12Cl2O3S2. The lowest BCUT2D eigenvalue weighted by molar-refractivity contribution is 0.108. The summed E-state index contributed by atoms with van der Waals surface area (Å²) in [5.41, 5.74) is 0.814. The Labute approximate surface area is 143 Å². The maximum atomic E-state index is 12.0. The molecule has 22 heavy (non-hydrogen) atoms. The van der Waals surface area contributed by atoms with Crippen LogP contribution >= 0.6 is 35.0 Å². The Kier molecular flexibility index (Phi) is 5.22. The van der Waals surface area contributed by atoms with Crippen LogP contribution in [0.3, 0.4) is 0 Å². The number of hydrogen-bond acceptors (Lipinski definition) is 4. The van der Waals surface area contributed by atoms with Crippen LogP contribution in [-0.2, 0) is 9.84 Å². The van der Waals surface area contributed by atoms with Crippen molar-refractivity contribution < 1.29 is 13.2 Å². The molecule has 0 bridgehead atoms. The van der Waals surface area contributed by atoms with Gasteiger partial charge in [-0.15, -0.1) is 0 Å². The number of rotatable bonds is 4. The highest BCUT2D eigenvalue weighted by Crippen LogP contribution is 2.36. The molecule has 2 aromatic rings. The Morgan fingerprint density at radius 3 is 2.41 bits per heavy atom. The van der Waals surface area contributed by atoms with Gasteiger partial charge in [0.15, 0.2) is 9.84 Å². The van der Waals surface area contributed by atoms with E-state index in [1.165, 1.54) is 17.8 Å². The van der Waals surface area contributed by atoms with E-state index in [1.807, 2.05) is 6.07 Å². The van der Waals surface area contributed by atoms with Gasteiger partial charge in [-0.3, -0.25) is 4.79 Å². The fourth-order valence-electron chi connectivity index (χ4n) is 1.90. The Hall–Kier alpha value is -1.01. The molecule has 0 atom stereocenters. The highest BCUT2D eigenvalue weighted by Gasteiger charge is 2.19. The first-order chi connectivity index (χ1) is 10.2. The van der Waals surface area contributed by atoms with Crippen LogP contribution in [0.5, 0.6) is 0 Å². The molecule has 0 amide bonds. The molecule has 0 spiro atoms. The molecule has 2 rings (SSSR count). The van der Waals surface area contributed by atoms with E-state index in [1.54, 1.807) is 31.2 Å². The Bertz CT molecular complexity index is 846. The highest BCUT2D eigenvalue weighted by atomic mass is 35.5. The molecule has 3 nitrogen and oxygen atoms in total. The van der Waals surface area contributed by atoms with Gasteiger partial charge in [0.1, 0.15) is 0 Å². The number of sulfone groups is 1. The van der Waals surface area contributed by atoms with Crippen LogP contribution in [0.1, 0.15) is 15.9 Å². The average Bonchev–Trinajstić information content (AvgIpc) is 2.36. The fraction of sp³-hybridized carbons (Fsp3) is 0.133. The van der Waals surface area contributed by atoms with Crippen molar-refractivity contribution in [1.29, 1.82) is 0 Å². The molecular weight excluding hydrogens is 363 g/mol. The lowest BCUT2D eigenvalue weighted by atomic mass is 10.1. The van der Waals surface area contributed by atoms with Crippen molar-refractivity contribution in [1.82, 2.24) is 0 Å². The maximum absolute atomic E-state index is 12.0. The van der Waals surface area contributed by atoms with Crippen molar-refractivity contribution in [3.63, 3.8) is 0 Å². The van der Waals surface area contributed by atoms with E-state index in [2.05, 4.69) is 0 Å². The van der Waals surface area contributed by atoms with Crippen LogP contribution < -0.4 is 0 Å². The Morgan fingerprint density at radius 2 is 1.86 bits per heavy atom. The van der Waals surface area contributed by atoms with Crippen molar-refractivity contribution >= 4 is 50.0 Å². The van der Waals surface area contributed by atoms with E-state index >= 15 is 0 Å². The summed E-state index contributed by atoms with van der Waals surface area (Å²) in [7, 11) is -3.50. The van der Waals surface area contributed by atoms with Gasteiger partial charge in [0.2, 0.25) is 0 Å².